The van der Waals surface area contributed by atoms with Gasteiger partial charge in [-0.2, -0.15) is 0 Å². The summed E-state index contributed by atoms with van der Waals surface area (Å²) < 4.78 is 0. The van der Waals surface area contributed by atoms with Crippen LogP contribution in [0.25, 0.3) is 0 Å². The van der Waals surface area contributed by atoms with Gasteiger partial charge in [0.2, 0.25) is 5.91 Å². The number of carboxylic acids is 1. The van der Waals surface area contributed by atoms with Crippen LogP contribution in [0.4, 0.5) is 0 Å². The van der Waals surface area contributed by atoms with Crippen molar-refractivity contribution in [1.82, 2.24) is 10.6 Å². The van der Waals surface area contributed by atoms with Gasteiger partial charge in [-0.1, -0.05) is 26.0 Å². The molecule has 0 aliphatic carbocycles. The van der Waals surface area contributed by atoms with Crippen LogP contribution in [-0.2, 0) is 16.0 Å². The summed E-state index contributed by atoms with van der Waals surface area (Å²) >= 11 is 0. The molecule has 0 saturated carbocycles. The van der Waals surface area contributed by atoms with E-state index in [2.05, 4.69) is 10.6 Å². The Labute approximate surface area is 124 Å². The highest BCUT2D eigenvalue weighted by Gasteiger charge is 2.23. The van der Waals surface area contributed by atoms with Gasteiger partial charge in [0.15, 0.2) is 0 Å². The van der Waals surface area contributed by atoms with Crippen LogP contribution in [0.15, 0.2) is 24.3 Å². The first-order chi connectivity index (χ1) is 9.93. The van der Waals surface area contributed by atoms with Crippen molar-refractivity contribution < 1.29 is 19.8 Å². The number of benzene rings is 1. The van der Waals surface area contributed by atoms with E-state index in [-0.39, 0.29) is 24.0 Å². The molecule has 4 N–H and O–H groups in total. The smallest absolute Gasteiger partial charge is 0.326 e. The van der Waals surface area contributed by atoms with E-state index in [1.54, 1.807) is 19.1 Å². The number of aliphatic carboxylic acids is 1. The molecule has 0 spiro atoms. The Balaban J connectivity index is 2.63. The Hall–Kier alpha value is -2.08. The second-order valence-electron chi connectivity index (χ2n) is 4.98. The molecular formula is C15H22N2O4. The number of aromatic hydroxyl groups is 1. The molecule has 0 heterocycles. The summed E-state index contributed by atoms with van der Waals surface area (Å²) in [7, 11) is 0. The van der Waals surface area contributed by atoms with Crippen LogP contribution in [-0.4, -0.2) is 41.2 Å². The molecule has 116 valence electrons. The van der Waals surface area contributed by atoms with Gasteiger partial charge < -0.3 is 20.8 Å². The van der Waals surface area contributed by atoms with Crippen LogP contribution in [0.5, 0.6) is 5.75 Å². The maximum atomic E-state index is 12.0. The Kier molecular flexibility index (Phi) is 6.68. The van der Waals surface area contributed by atoms with Crippen molar-refractivity contribution >= 4 is 11.9 Å². The van der Waals surface area contributed by atoms with E-state index in [9.17, 15) is 19.8 Å². The van der Waals surface area contributed by atoms with Crippen LogP contribution in [0, 0.1) is 5.92 Å². The highest BCUT2D eigenvalue weighted by molar-refractivity contribution is 5.85. The zero-order valence-corrected chi connectivity index (χ0v) is 12.3. The highest BCUT2D eigenvalue weighted by Crippen LogP contribution is 2.11. The molecule has 1 rings (SSSR count). The Morgan fingerprint density at radius 1 is 1.24 bits per heavy atom. The van der Waals surface area contributed by atoms with Gasteiger partial charge in [0.25, 0.3) is 0 Å². The first kappa shape index (κ1) is 17.0. The number of phenolic OH excluding ortho intramolecular Hbond substituents is 1. The summed E-state index contributed by atoms with van der Waals surface area (Å²) in [5, 5.41) is 24.0. The molecule has 6 heteroatoms. The highest BCUT2D eigenvalue weighted by atomic mass is 16.4. The number of rotatable bonds is 8. The number of carbonyl (C=O) groups is 2. The van der Waals surface area contributed by atoms with Gasteiger partial charge in [0.05, 0.1) is 0 Å². The van der Waals surface area contributed by atoms with Crippen LogP contribution >= 0.6 is 0 Å². The minimum atomic E-state index is -1.08. The predicted octanol–water partition coefficient (Wildman–Crippen LogP) is 0.750. The molecule has 21 heavy (non-hydrogen) atoms. The quantitative estimate of drug-likeness (QED) is 0.567. The van der Waals surface area contributed by atoms with Crippen LogP contribution in [0.1, 0.15) is 19.4 Å². The topological polar surface area (TPSA) is 98.7 Å². The third-order valence-electron chi connectivity index (χ3n) is 3.14. The lowest BCUT2D eigenvalue weighted by Gasteiger charge is -2.18. The largest absolute Gasteiger partial charge is 0.508 e. The second kappa shape index (κ2) is 8.26. The third-order valence-corrected chi connectivity index (χ3v) is 3.14. The Morgan fingerprint density at radius 3 is 2.38 bits per heavy atom. The van der Waals surface area contributed by atoms with Gasteiger partial charge in [0, 0.05) is 18.9 Å². The Bertz CT molecular complexity index is 473. The molecule has 2 atom stereocenters. The van der Waals surface area contributed by atoms with E-state index in [0.29, 0.717) is 6.54 Å². The van der Waals surface area contributed by atoms with Gasteiger partial charge in [-0.25, -0.2) is 4.79 Å². The number of carbonyl (C=O) groups excluding carboxylic acids is 1. The number of hydrogen-bond donors (Lipinski definition) is 4. The molecular weight excluding hydrogens is 272 g/mol. The Morgan fingerprint density at radius 2 is 1.86 bits per heavy atom. The first-order valence-corrected chi connectivity index (χ1v) is 6.95. The molecule has 0 aliphatic heterocycles. The molecule has 1 unspecified atom stereocenters. The van der Waals surface area contributed by atoms with E-state index < -0.39 is 12.0 Å². The molecule has 0 radical (unpaired) electrons. The number of phenols is 1. The average Bonchev–Trinajstić information content (AvgIpc) is 2.45. The summed E-state index contributed by atoms with van der Waals surface area (Å²) in [6.07, 6.45) is 0.176. The van der Waals surface area contributed by atoms with Crippen molar-refractivity contribution in [1.29, 1.82) is 0 Å². The third kappa shape index (κ3) is 5.83. The number of amides is 1. The van der Waals surface area contributed by atoms with E-state index in [1.807, 2.05) is 6.92 Å². The summed E-state index contributed by atoms with van der Waals surface area (Å²) in [5.74, 6) is -1.55. The fourth-order valence-electron chi connectivity index (χ4n) is 1.84. The van der Waals surface area contributed by atoms with Crippen LogP contribution in [0.2, 0.25) is 0 Å². The first-order valence-electron chi connectivity index (χ1n) is 6.95. The van der Waals surface area contributed by atoms with Crippen molar-refractivity contribution in [2.24, 2.45) is 5.92 Å². The summed E-state index contributed by atoms with van der Waals surface area (Å²) in [4.78, 5) is 23.2. The fourth-order valence-corrected chi connectivity index (χ4v) is 1.84. The van der Waals surface area contributed by atoms with Crippen molar-refractivity contribution in [3.05, 3.63) is 29.8 Å². The normalized spacial score (nSPS) is 13.4. The number of hydrogen-bond acceptors (Lipinski definition) is 4. The van der Waals surface area contributed by atoms with E-state index >= 15 is 0 Å². The van der Waals surface area contributed by atoms with Crippen LogP contribution in [0.3, 0.4) is 0 Å². The molecule has 0 saturated heterocycles. The predicted molar refractivity (Wildman–Crippen MR) is 79.1 cm³/mol. The fraction of sp³-hybridized carbons (Fsp3) is 0.467. The minimum absolute atomic E-state index is 0.119. The van der Waals surface area contributed by atoms with Crippen molar-refractivity contribution in [2.75, 3.05) is 13.1 Å². The van der Waals surface area contributed by atoms with Gasteiger partial charge in [-0.05, 0) is 24.2 Å². The lowest BCUT2D eigenvalue weighted by atomic mass is 10.0. The van der Waals surface area contributed by atoms with Crippen molar-refractivity contribution in [3.63, 3.8) is 0 Å². The summed E-state index contributed by atoms with van der Waals surface area (Å²) in [5.41, 5.74) is 0.736. The van der Waals surface area contributed by atoms with E-state index in [1.165, 1.54) is 12.1 Å². The SMILES string of the molecule is CCNCC(C)C(=O)N[C@@H](Cc1ccc(O)cc1)C(=O)O. The molecule has 1 aromatic rings. The zero-order chi connectivity index (χ0) is 15.8. The molecule has 0 aromatic heterocycles. The average molecular weight is 294 g/mol. The molecule has 6 nitrogen and oxygen atoms in total. The molecule has 0 bridgehead atoms. The van der Waals surface area contributed by atoms with Crippen molar-refractivity contribution in [2.45, 2.75) is 26.3 Å². The molecule has 0 aliphatic rings. The standard InChI is InChI=1S/C15H22N2O4/c1-3-16-9-10(2)14(19)17-13(15(20)21)8-11-4-6-12(18)7-5-11/h4-7,10,13,16,18H,3,8-9H2,1-2H3,(H,17,19)(H,20,21)/t10?,13-/m0/s1. The van der Waals surface area contributed by atoms with Crippen molar-refractivity contribution in [3.8, 4) is 5.75 Å². The summed E-state index contributed by atoms with van der Waals surface area (Å²) in [6, 6.07) is 5.28. The van der Waals surface area contributed by atoms with Gasteiger partial charge >= 0.3 is 5.97 Å². The molecule has 1 aromatic carbocycles. The van der Waals surface area contributed by atoms with Gasteiger partial charge in [-0.3, -0.25) is 4.79 Å². The molecule has 1 amide bonds. The van der Waals surface area contributed by atoms with E-state index in [4.69, 9.17) is 0 Å². The maximum Gasteiger partial charge on any atom is 0.326 e. The monoisotopic (exact) mass is 294 g/mol. The lowest BCUT2D eigenvalue weighted by molar-refractivity contribution is -0.142. The van der Waals surface area contributed by atoms with Gasteiger partial charge in [-0.15, -0.1) is 0 Å². The number of carboxylic acid groups (broad SMARTS) is 1. The minimum Gasteiger partial charge on any atom is -0.508 e. The van der Waals surface area contributed by atoms with Crippen LogP contribution < -0.4 is 10.6 Å². The zero-order valence-electron chi connectivity index (χ0n) is 12.3. The second-order valence-corrected chi connectivity index (χ2v) is 4.98. The van der Waals surface area contributed by atoms with Gasteiger partial charge in [0.1, 0.15) is 11.8 Å². The lowest BCUT2D eigenvalue weighted by Crippen LogP contribution is -2.46. The van der Waals surface area contributed by atoms with E-state index in [0.717, 1.165) is 12.1 Å². The summed E-state index contributed by atoms with van der Waals surface area (Å²) in [6.45, 7) is 4.95. The number of nitrogens with one attached hydrogen (secondary N) is 2. The molecule has 0 fully saturated rings. The maximum absolute atomic E-state index is 12.0.